The number of carbonyl (C=O) groups is 1. The van der Waals surface area contributed by atoms with E-state index in [9.17, 15) is 4.79 Å². The fraction of sp³-hybridized carbons (Fsp3) is 0.333. The molecular formula is C21H25N3O2. The molecule has 3 rings (SSSR count). The lowest BCUT2D eigenvalue weighted by Gasteiger charge is -2.20. The average molecular weight is 351 g/mol. The number of carbonyl (C=O) groups excluding carboxylic acids is 1. The first-order chi connectivity index (χ1) is 12.5. The number of pyridine rings is 1. The highest BCUT2D eigenvalue weighted by Crippen LogP contribution is 2.41. The van der Waals surface area contributed by atoms with Gasteiger partial charge in [-0.15, -0.1) is 0 Å². The molecule has 0 spiro atoms. The summed E-state index contributed by atoms with van der Waals surface area (Å²) >= 11 is 0. The predicted molar refractivity (Wildman–Crippen MR) is 103 cm³/mol. The van der Waals surface area contributed by atoms with E-state index in [-0.39, 0.29) is 12.1 Å². The molecule has 1 saturated carbocycles. The molecule has 1 atom stereocenters. The number of benzene rings is 1. The van der Waals surface area contributed by atoms with E-state index in [1.165, 1.54) is 0 Å². The van der Waals surface area contributed by atoms with Gasteiger partial charge in [0, 0.05) is 6.20 Å². The van der Waals surface area contributed by atoms with Crippen LogP contribution in [0.5, 0.6) is 5.75 Å². The summed E-state index contributed by atoms with van der Waals surface area (Å²) in [5, 5.41) is 6.00. The Morgan fingerprint density at radius 1 is 1.31 bits per heavy atom. The molecule has 1 heterocycles. The SMILES string of the molecule is C=C(C)COc1ccccc1NC(=O)N[C@@H](c1ncccc1C)C1CC1. The van der Waals surface area contributed by atoms with Gasteiger partial charge in [-0.25, -0.2) is 4.79 Å². The van der Waals surface area contributed by atoms with Crippen molar-refractivity contribution in [1.29, 1.82) is 0 Å². The van der Waals surface area contributed by atoms with Gasteiger partial charge in [0.2, 0.25) is 0 Å². The summed E-state index contributed by atoms with van der Waals surface area (Å²) in [6.07, 6.45) is 4.00. The van der Waals surface area contributed by atoms with Crippen molar-refractivity contribution in [2.75, 3.05) is 11.9 Å². The predicted octanol–water partition coefficient (Wildman–Crippen LogP) is 4.62. The third-order valence-corrected chi connectivity index (χ3v) is 4.33. The van der Waals surface area contributed by atoms with Crippen molar-refractivity contribution < 1.29 is 9.53 Å². The summed E-state index contributed by atoms with van der Waals surface area (Å²) in [5.41, 5.74) is 3.59. The summed E-state index contributed by atoms with van der Waals surface area (Å²) in [6, 6.07) is 11.0. The van der Waals surface area contributed by atoms with Crippen LogP contribution in [0.2, 0.25) is 0 Å². The average Bonchev–Trinajstić information content (AvgIpc) is 3.44. The molecule has 26 heavy (non-hydrogen) atoms. The molecule has 0 unspecified atom stereocenters. The van der Waals surface area contributed by atoms with Crippen LogP contribution >= 0.6 is 0 Å². The van der Waals surface area contributed by atoms with Crippen molar-refractivity contribution in [2.45, 2.75) is 32.7 Å². The normalized spacial score (nSPS) is 14.4. The maximum Gasteiger partial charge on any atom is 0.319 e. The van der Waals surface area contributed by atoms with Gasteiger partial charge >= 0.3 is 6.03 Å². The van der Waals surface area contributed by atoms with Crippen LogP contribution in [0.4, 0.5) is 10.5 Å². The van der Waals surface area contributed by atoms with Crippen molar-refractivity contribution in [3.8, 4) is 5.75 Å². The number of aryl methyl sites for hydroxylation is 1. The van der Waals surface area contributed by atoms with E-state index in [1.807, 2.05) is 50.2 Å². The van der Waals surface area contributed by atoms with Gasteiger partial charge in [-0.1, -0.05) is 24.8 Å². The van der Waals surface area contributed by atoms with Crippen LogP contribution < -0.4 is 15.4 Å². The third kappa shape index (κ3) is 4.63. The second-order valence-electron chi connectivity index (χ2n) is 6.86. The number of para-hydroxylation sites is 2. The maximum atomic E-state index is 12.6. The Bertz CT molecular complexity index is 799. The van der Waals surface area contributed by atoms with Gasteiger partial charge in [-0.3, -0.25) is 4.98 Å². The maximum absolute atomic E-state index is 12.6. The zero-order valence-electron chi connectivity index (χ0n) is 15.3. The molecule has 0 radical (unpaired) electrons. The number of amides is 2. The lowest BCUT2D eigenvalue weighted by atomic mass is 10.0. The first-order valence-electron chi connectivity index (χ1n) is 8.90. The van der Waals surface area contributed by atoms with Crippen molar-refractivity contribution in [2.24, 2.45) is 5.92 Å². The minimum absolute atomic E-state index is 0.0697. The Labute approximate surface area is 154 Å². The standard InChI is InChI=1S/C21H25N3O2/c1-14(2)13-26-18-9-5-4-8-17(18)23-21(25)24-20(16-10-11-16)19-15(3)7-6-12-22-19/h4-9,12,16,20H,1,10-11,13H2,2-3H3,(H2,23,24,25)/t20-/m1/s1. The Balaban J connectivity index is 1.70. The van der Waals surface area contributed by atoms with Crippen molar-refractivity contribution in [1.82, 2.24) is 10.3 Å². The Hall–Kier alpha value is -2.82. The first kappa shape index (κ1) is 18.0. The lowest BCUT2D eigenvalue weighted by Crippen LogP contribution is -2.34. The third-order valence-electron chi connectivity index (χ3n) is 4.33. The van der Waals surface area contributed by atoms with E-state index in [0.717, 1.165) is 29.7 Å². The zero-order chi connectivity index (χ0) is 18.5. The first-order valence-corrected chi connectivity index (χ1v) is 8.90. The molecular weight excluding hydrogens is 326 g/mol. The van der Waals surface area contributed by atoms with E-state index >= 15 is 0 Å². The van der Waals surface area contributed by atoms with Gasteiger partial charge in [0.15, 0.2) is 0 Å². The highest BCUT2D eigenvalue weighted by Gasteiger charge is 2.35. The molecule has 5 heteroatoms. The molecule has 2 aromatic rings. The number of urea groups is 1. The Morgan fingerprint density at radius 3 is 2.77 bits per heavy atom. The van der Waals surface area contributed by atoms with E-state index < -0.39 is 0 Å². The summed E-state index contributed by atoms with van der Waals surface area (Å²) in [4.78, 5) is 17.1. The molecule has 5 nitrogen and oxygen atoms in total. The van der Waals surface area contributed by atoms with Crippen LogP contribution in [0.25, 0.3) is 0 Å². The van der Waals surface area contributed by atoms with Crippen LogP contribution in [-0.2, 0) is 0 Å². The van der Waals surface area contributed by atoms with Gasteiger partial charge < -0.3 is 15.4 Å². The van der Waals surface area contributed by atoms with Gasteiger partial charge in [-0.05, 0) is 61.9 Å². The van der Waals surface area contributed by atoms with Crippen LogP contribution in [0.1, 0.15) is 37.1 Å². The minimum atomic E-state index is -0.252. The number of hydrogen-bond donors (Lipinski definition) is 2. The number of hydrogen-bond acceptors (Lipinski definition) is 3. The topological polar surface area (TPSA) is 63.2 Å². The number of nitrogens with one attached hydrogen (secondary N) is 2. The van der Waals surface area contributed by atoms with Crippen LogP contribution in [0, 0.1) is 12.8 Å². The molecule has 1 aromatic carbocycles. The molecule has 1 aliphatic rings. The largest absolute Gasteiger partial charge is 0.487 e. The second kappa shape index (κ2) is 8.04. The highest BCUT2D eigenvalue weighted by atomic mass is 16.5. The van der Waals surface area contributed by atoms with Gasteiger partial charge in [-0.2, -0.15) is 0 Å². The lowest BCUT2D eigenvalue weighted by molar-refractivity contribution is 0.246. The molecule has 0 saturated heterocycles. The van der Waals surface area contributed by atoms with Gasteiger partial charge in [0.1, 0.15) is 12.4 Å². The molecule has 0 bridgehead atoms. The minimum Gasteiger partial charge on any atom is -0.487 e. The highest BCUT2D eigenvalue weighted by molar-refractivity contribution is 5.91. The fourth-order valence-corrected chi connectivity index (χ4v) is 2.86. The molecule has 1 fully saturated rings. The van der Waals surface area contributed by atoms with E-state index in [0.29, 0.717) is 24.0 Å². The fourth-order valence-electron chi connectivity index (χ4n) is 2.86. The van der Waals surface area contributed by atoms with Crippen molar-refractivity contribution >= 4 is 11.7 Å². The van der Waals surface area contributed by atoms with E-state index in [2.05, 4.69) is 22.2 Å². The Kier molecular flexibility index (Phi) is 5.56. The summed E-state index contributed by atoms with van der Waals surface area (Å²) < 4.78 is 5.71. The summed E-state index contributed by atoms with van der Waals surface area (Å²) in [6.45, 7) is 8.18. The quantitative estimate of drug-likeness (QED) is 0.716. The number of ether oxygens (including phenoxy) is 1. The smallest absolute Gasteiger partial charge is 0.319 e. The van der Waals surface area contributed by atoms with Crippen LogP contribution in [-0.4, -0.2) is 17.6 Å². The van der Waals surface area contributed by atoms with Crippen LogP contribution in [0.3, 0.4) is 0 Å². The summed E-state index contributed by atoms with van der Waals surface area (Å²) in [7, 11) is 0. The summed E-state index contributed by atoms with van der Waals surface area (Å²) in [5.74, 6) is 1.08. The van der Waals surface area contributed by atoms with Crippen LogP contribution in [0.15, 0.2) is 54.7 Å². The Morgan fingerprint density at radius 2 is 2.08 bits per heavy atom. The second-order valence-corrected chi connectivity index (χ2v) is 6.86. The number of rotatable bonds is 7. The molecule has 136 valence electrons. The number of anilines is 1. The van der Waals surface area contributed by atoms with E-state index in [4.69, 9.17) is 4.74 Å². The van der Waals surface area contributed by atoms with Crippen molar-refractivity contribution in [3.05, 3.63) is 66.0 Å². The molecule has 2 amide bonds. The molecule has 2 N–H and O–H groups in total. The van der Waals surface area contributed by atoms with Gasteiger partial charge in [0.25, 0.3) is 0 Å². The molecule has 1 aliphatic carbocycles. The monoisotopic (exact) mass is 351 g/mol. The van der Waals surface area contributed by atoms with Gasteiger partial charge in [0.05, 0.1) is 17.4 Å². The van der Waals surface area contributed by atoms with Crippen molar-refractivity contribution in [3.63, 3.8) is 0 Å². The number of aromatic nitrogens is 1. The molecule has 1 aromatic heterocycles. The van der Waals surface area contributed by atoms with E-state index in [1.54, 1.807) is 6.20 Å². The molecule has 0 aliphatic heterocycles. The zero-order valence-corrected chi connectivity index (χ0v) is 15.3. The number of nitrogens with zero attached hydrogens (tertiary/aromatic N) is 1.